The normalized spacial score (nSPS) is 16.9. The number of ether oxygens (including phenoxy) is 1. The molecular weight excluding hydrogens is 252 g/mol. The van der Waals surface area contributed by atoms with Crippen molar-refractivity contribution in [2.24, 2.45) is 0 Å². The lowest BCUT2D eigenvalue weighted by atomic mass is 10.1. The van der Waals surface area contributed by atoms with E-state index in [-0.39, 0.29) is 5.92 Å². The maximum absolute atomic E-state index is 6.04. The summed E-state index contributed by atoms with van der Waals surface area (Å²) >= 11 is 0. The van der Waals surface area contributed by atoms with Gasteiger partial charge < -0.3 is 15.4 Å². The summed E-state index contributed by atoms with van der Waals surface area (Å²) in [5.41, 5.74) is 7.03. The Morgan fingerprint density at radius 1 is 1.30 bits per heavy atom. The van der Waals surface area contributed by atoms with Crippen LogP contribution in [0.1, 0.15) is 50.9 Å². The number of nitrogens with zero attached hydrogens (tertiary/aromatic N) is 3. The van der Waals surface area contributed by atoms with Crippen molar-refractivity contribution in [1.82, 2.24) is 9.97 Å². The van der Waals surface area contributed by atoms with E-state index in [0.29, 0.717) is 11.9 Å². The summed E-state index contributed by atoms with van der Waals surface area (Å²) in [5.74, 6) is 2.72. The lowest BCUT2D eigenvalue weighted by Gasteiger charge is -2.33. The van der Waals surface area contributed by atoms with Crippen molar-refractivity contribution < 1.29 is 4.74 Å². The molecule has 1 aromatic rings. The highest BCUT2D eigenvalue weighted by molar-refractivity contribution is 5.56. The number of hydrogen-bond donors (Lipinski definition) is 1. The first-order chi connectivity index (χ1) is 9.52. The first kappa shape index (κ1) is 15.0. The number of rotatable bonds is 4. The maximum Gasteiger partial charge on any atom is 0.137 e. The minimum Gasteiger partial charge on any atom is -0.383 e. The van der Waals surface area contributed by atoms with Gasteiger partial charge in [-0.3, -0.25) is 0 Å². The number of aromatic nitrogens is 2. The van der Waals surface area contributed by atoms with Crippen LogP contribution in [0.5, 0.6) is 0 Å². The van der Waals surface area contributed by atoms with E-state index >= 15 is 0 Å². The number of hydrogen-bond acceptors (Lipinski definition) is 5. The molecule has 0 saturated carbocycles. The van der Waals surface area contributed by atoms with Crippen molar-refractivity contribution in [2.45, 2.75) is 52.6 Å². The van der Waals surface area contributed by atoms with Gasteiger partial charge in [0.1, 0.15) is 17.5 Å². The van der Waals surface area contributed by atoms with Gasteiger partial charge in [-0.25, -0.2) is 9.97 Å². The second-order valence-electron chi connectivity index (χ2n) is 5.71. The van der Waals surface area contributed by atoms with Crippen LogP contribution in [0.3, 0.4) is 0 Å². The van der Waals surface area contributed by atoms with Gasteiger partial charge in [0.15, 0.2) is 0 Å². The van der Waals surface area contributed by atoms with Crippen molar-refractivity contribution in [2.75, 3.05) is 30.3 Å². The molecule has 1 fully saturated rings. The van der Waals surface area contributed by atoms with E-state index in [0.717, 1.165) is 49.7 Å². The number of anilines is 2. The molecule has 1 saturated heterocycles. The lowest BCUT2D eigenvalue weighted by Crippen LogP contribution is -2.38. The SMILES string of the molecule is CCOC1CCN(c2nc(C(C)C)nc(N)c2C)CC1. The van der Waals surface area contributed by atoms with Crippen molar-refractivity contribution in [3.05, 3.63) is 11.4 Å². The molecule has 2 N–H and O–H groups in total. The Hall–Kier alpha value is -1.36. The Morgan fingerprint density at radius 2 is 1.95 bits per heavy atom. The molecule has 0 aliphatic carbocycles. The Morgan fingerprint density at radius 3 is 2.50 bits per heavy atom. The third-order valence-corrected chi connectivity index (χ3v) is 3.84. The number of nitrogen functional groups attached to an aromatic ring is 1. The molecule has 1 aliphatic heterocycles. The second kappa shape index (κ2) is 6.39. The van der Waals surface area contributed by atoms with Gasteiger partial charge in [-0.15, -0.1) is 0 Å². The highest BCUT2D eigenvalue weighted by Crippen LogP contribution is 2.27. The average molecular weight is 278 g/mol. The zero-order valence-electron chi connectivity index (χ0n) is 13.0. The molecule has 112 valence electrons. The van der Waals surface area contributed by atoms with Crippen molar-refractivity contribution in [3.8, 4) is 0 Å². The number of nitrogens with two attached hydrogens (primary N) is 1. The van der Waals surface area contributed by atoms with Gasteiger partial charge in [-0.05, 0) is 26.7 Å². The third kappa shape index (κ3) is 3.20. The van der Waals surface area contributed by atoms with Crippen LogP contribution < -0.4 is 10.6 Å². The maximum atomic E-state index is 6.04. The average Bonchev–Trinajstić information content (AvgIpc) is 2.43. The molecule has 0 unspecified atom stereocenters. The van der Waals surface area contributed by atoms with Crippen LogP contribution in [0.15, 0.2) is 0 Å². The predicted molar refractivity (Wildman–Crippen MR) is 82.1 cm³/mol. The molecule has 0 bridgehead atoms. The van der Waals surface area contributed by atoms with Crippen molar-refractivity contribution >= 4 is 11.6 Å². The zero-order chi connectivity index (χ0) is 14.7. The van der Waals surface area contributed by atoms with Gasteiger partial charge in [-0.1, -0.05) is 13.8 Å². The monoisotopic (exact) mass is 278 g/mol. The molecule has 0 radical (unpaired) electrons. The zero-order valence-corrected chi connectivity index (χ0v) is 13.0. The van der Waals surface area contributed by atoms with Crippen LogP contribution in [0, 0.1) is 6.92 Å². The molecule has 2 heterocycles. The summed E-state index contributed by atoms with van der Waals surface area (Å²) in [6.45, 7) is 11.0. The van der Waals surface area contributed by atoms with E-state index in [4.69, 9.17) is 15.5 Å². The van der Waals surface area contributed by atoms with Crippen LogP contribution in [-0.4, -0.2) is 35.8 Å². The summed E-state index contributed by atoms with van der Waals surface area (Å²) < 4.78 is 5.70. The lowest BCUT2D eigenvalue weighted by molar-refractivity contribution is 0.0458. The molecule has 1 aliphatic rings. The first-order valence-electron chi connectivity index (χ1n) is 7.53. The fourth-order valence-electron chi connectivity index (χ4n) is 2.58. The smallest absolute Gasteiger partial charge is 0.137 e. The van der Waals surface area contributed by atoms with Gasteiger partial charge in [-0.2, -0.15) is 0 Å². The van der Waals surface area contributed by atoms with Crippen molar-refractivity contribution in [3.63, 3.8) is 0 Å². The van der Waals surface area contributed by atoms with Gasteiger partial charge in [0.25, 0.3) is 0 Å². The Kier molecular flexibility index (Phi) is 4.81. The minimum atomic E-state index is 0.289. The Bertz CT molecular complexity index is 453. The van der Waals surface area contributed by atoms with Gasteiger partial charge in [0.05, 0.1) is 6.10 Å². The minimum absolute atomic E-state index is 0.289. The molecule has 5 heteroatoms. The molecule has 0 aromatic carbocycles. The molecule has 0 spiro atoms. The van der Waals surface area contributed by atoms with Gasteiger partial charge >= 0.3 is 0 Å². The van der Waals surface area contributed by atoms with Crippen LogP contribution in [-0.2, 0) is 4.74 Å². The summed E-state index contributed by atoms with van der Waals surface area (Å²) in [7, 11) is 0. The number of piperidine rings is 1. The molecular formula is C15H26N4O. The van der Waals surface area contributed by atoms with Crippen LogP contribution >= 0.6 is 0 Å². The Balaban J connectivity index is 2.17. The summed E-state index contributed by atoms with van der Waals surface area (Å²) in [4.78, 5) is 11.4. The first-order valence-corrected chi connectivity index (χ1v) is 7.53. The van der Waals surface area contributed by atoms with Crippen LogP contribution in [0.2, 0.25) is 0 Å². The van der Waals surface area contributed by atoms with Gasteiger partial charge in [0, 0.05) is 31.2 Å². The summed E-state index contributed by atoms with van der Waals surface area (Å²) in [6.07, 6.45) is 2.49. The standard InChI is InChI=1S/C15H26N4O/c1-5-20-12-6-8-19(9-7-12)15-11(4)13(16)17-14(18-15)10(2)3/h10,12H,5-9H2,1-4H3,(H2,16,17,18). The highest BCUT2D eigenvalue weighted by atomic mass is 16.5. The summed E-state index contributed by atoms with van der Waals surface area (Å²) in [5, 5.41) is 0. The third-order valence-electron chi connectivity index (χ3n) is 3.84. The van der Waals surface area contributed by atoms with E-state index in [9.17, 15) is 0 Å². The molecule has 2 rings (SSSR count). The van der Waals surface area contributed by atoms with Crippen LogP contribution in [0.4, 0.5) is 11.6 Å². The van der Waals surface area contributed by atoms with Crippen LogP contribution in [0.25, 0.3) is 0 Å². The largest absolute Gasteiger partial charge is 0.383 e. The predicted octanol–water partition coefficient (Wildman–Crippen LogP) is 2.50. The molecule has 1 aromatic heterocycles. The fourth-order valence-corrected chi connectivity index (χ4v) is 2.58. The second-order valence-corrected chi connectivity index (χ2v) is 5.71. The fraction of sp³-hybridized carbons (Fsp3) is 0.733. The van der Waals surface area contributed by atoms with E-state index in [2.05, 4.69) is 30.7 Å². The van der Waals surface area contributed by atoms with Gasteiger partial charge in [0.2, 0.25) is 0 Å². The van der Waals surface area contributed by atoms with E-state index in [1.165, 1.54) is 0 Å². The quantitative estimate of drug-likeness (QED) is 0.916. The highest BCUT2D eigenvalue weighted by Gasteiger charge is 2.23. The summed E-state index contributed by atoms with van der Waals surface area (Å²) in [6, 6.07) is 0. The van der Waals surface area contributed by atoms with E-state index < -0.39 is 0 Å². The van der Waals surface area contributed by atoms with E-state index in [1.54, 1.807) is 0 Å². The molecule has 0 amide bonds. The molecule has 5 nitrogen and oxygen atoms in total. The molecule has 20 heavy (non-hydrogen) atoms. The Labute approximate surface area is 121 Å². The molecule has 0 atom stereocenters. The van der Waals surface area contributed by atoms with E-state index in [1.807, 2.05) is 6.92 Å². The topological polar surface area (TPSA) is 64.3 Å². The van der Waals surface area contributed by atoms with Crippen molar-refractivity contribution in [1.29, 1.82) is 0 Å².